The number of hydrogen-bond acceptors (Lipinski definition) is 9. The van der Waals surface area contributed by atoms with Crippen LogP contribution in [0.5, 0.6) is 0 Å². The number of aliphatic hydroxyl groups excluding tert-OH is 1. The normalized spacial score (nSPS) is 14.2. The summed E-state index contributed by atoms with van der Waals surface area (Å²) in [5, 5.41) is 33.5. The number of carboxylic acids is 2. The second-order valence-electron chi connectivity index (χ2n) is 6.86. The molecule has 0 saturated carbocycles. The number of imidazole rings is 1. The van der Waals surface area contributed by atoms with Crippen molar-refractivity contribution >= 4 is 35.6 Å². The number of hydrogen-bond donors (Lipinski definition) is 9. The number of aromatic amines is 1. The molecule has 0 fully saturated rings. The topological polar surface area (TPSA) is 280 Å². The molecule has 33 heavy (non-hydrogen) atoms. The van der Waals surface area contributed by atoms with Crippen LogP contribution >= 0.6 is 0 Å². The molecule has 0 radical (unpaired) electrons. The van der Waals surface area contributed by atoms with Gasteiger partial charge >= 0.3 is 11.9 Å². The average Bonchev–Trinajstić information content (AvgIpc) is 3.23. The molecule has 4 amide bonds. The smallest absolute Gasteiger partial charge is 0.326 e. The third-order valence-corrected chi connectivity index (χ3v) is 4.18. The van der Waals surface area contributed by atoms with E-state index in [1.807, 2.05) is 5.32 Å². The molecule has 0 saturated heterocycles. The minimum atomic E-state index is -1.73. The number of rotatable bonds is 14. The number of H-pyrrole nitrogens is 1. The number of aromatic nitrogens is 2. The van der Waals surface area contributed by atoms with Gasteiger partial charge in [-0.25, -0.2) is 9.78 Å². The highest BCUT2D eigenvalue weighted by atomic mass is 16.4. The maximum atomic E-state index is 12.6. The number of carbonyl (C=O) groups is 6. The number of aliphatic hydroxyl groups is 1. The van der Waals surface area contributed by atoms with Crippen LogP contribution in [-0.4, -0.2) is 91.6 Å². The summed E-state index contributed by atoms with van der Waals surface area (Å²) in [6, 6.07) is -6.32. The minimum Gasteiger partial charge on any atom is -0.481 e. The van der Waals surface area contributed by atoms with Gasteiger partial charge in [0.05, 0.1) is 25.8 Å². The maximum absolute atomic E-state index is 12.6. The van der Waals surface area contributed by atoms with Crippen molar-refractivity contribution in [2.45, 2.75) is 43.4 Å². The van der Waals surface area contributed by atoms with Gasteiger partial charge in [-0.2, -0.15) is 0 Å². The van der Waals surface area contributed by atoms with Crippen LogP contribution in [0.4, 0.5) is 0 Å². The van der Waals surface area contributed by atoms with E-state index < -0.39 is 79.2 Å². The maximum Gasteiger partial charge on any atom is 0.326 e. The van der Waals surface area contributed by atoms with Crippen LogP contribution in [0.2, 0.25) is 0 Å². The number of carbonyl (C=O) groups excluding carboxylic acids is 4. The van der Waals surface area contributed by atoms with Crippen molar-refractivity contribution in [1.82, 2.24) is 25.9 Å². The van der Waals surface area contributed by atoms with Gasteiger partial charge in [0.25, 0.3) is 0 Å². The number of nitrogens with one attached hydrogen (secondary N) is 4. The Morgan fingerprint density at radius 1 is 0.939 bits per heavy atom. The van der Waals surface area contributed by atoms with E-state index in [2.05, 4.69) is 20.6 Å². The Morgan fingerprint density at radius 3 is 1.94 bits per heavy atom. The molecule has 0 aliphatic heterocycles. The zero-order valence-corrected chi connectivity index (χ0v) is 17.2. The molecule has 1 rings (SSSR count). The standard InChI is InChI=1S/C17H25N7O9/c18-8(5-25)14(29)22-10(3-13(27)28)16(31)23-9(2-12(19)26)15(30)24-11(17(32)33)1-7-4-20-6-21-7/h4,6,8-11,25H,1-3,5,18H2,(H2,19,26)(H,20,21)(H,22,29)(H,23,31)(H,24,30)(H,27,28)(H,32,33). The molecule has 0 aliphatic rings. The Bertz CT molecular complexity index is 874. The minimum absolute atomic E-state index is 0.199. The molecule has 16 heteroatoms. The van der Waals surface area contributed by atoms with E-state index in [4.69, 9.17) is 21.7 Å². The van der Waals surface area contributed by atoms with Crippen LogP contribution in [0.1, 0.15) is 18.5 Å². The van der Waals surface area contributed by atoms with Crippen molar-refractivity contribution < 1.29 is 44.1 Å². The van der Waals surface area contributed by atoms with Gasteiger partial charge in [0.2, 0.25) is 23.6 Å². The summed E-state index contributed by atoms with van der Waals surface area (Å²) in [4.78, 5) is 77.3. The summed E-state index contributed by atoms with van der Waals surface area (Å²) in [5.74, 6) is -7.26. The van der Waals surface area contributed by atoms with Crippen molar-refractivity contribution in [1.29, 1.82) is 0 Å². The van der Waals surface area contributed by atoms with E-state index in [9.17, 15) is 33.9 Å². The predicted molar refractivity (Wildman–Crippen MR) is 107 cm³/mol. The fourth-order valence-corrected chi connectivity index (χ4v) is 2.52. The van der Waals surface area contributed by atoms with Gasteiger partial charge < -0.3 is 47.7 Å². The number of primary amides is 1. The van der Waals surface area contributed by atoms with Gasteiger partial charge in [-0.05, 0) is 0 Å². The van der Waals surface area contributed by atoms with Crippen molar-refractivity contribution in [3.8, 4) is 0 Å². The van der Waals surface area contributed by atoms with Gasteiger partial charge in [-0.1, -0.05) is 0 Å². The third kappa shape index (κ3) is 9.32. The summed E-state index contributed by atoms with van der Waals surface area (Å²) in [6.07, 6.45) is 0.762. The van der Waals surface area contributed by atoms with Gasteiger partial charge in [0.15, 0.2) is 0 Å². The van der Waals surface area contributed by atoms with E-state index in [1.54, 1.807) is 0 Å². The van der Waals surface area contributed by atoms with Gasteiger partial charge in [0.1, 0.15) is 24.2 Å². The van der Waals surface area contributed by atoms with Crippen LogP contribution in [0.3, 0.4) is 0 Å². The first kappa shape index (κ1) is 27.0. The van der Waals surface area contributed by atoms with Crippen LogP contribution in [-0.2, 0) is 35.2 Å². The monoisotopic (exact) mass is 471 g/mol. The Morgan fingerprint density at radius 2 is 1.48 bits per heavy atom. The molecule has 4 unspecified atom stereocenters. The molecule has 0 bridgehead atoms. The molecular weight excluding hydrogens is 446 g/mol. The Balaban J connectivity index is 2.99. The lowest BCUT2D eigenvalue weighted by molar-refractivity contribution is -0.143. The van der Waals surface area contributed by atoms with Crippen LogP contribution in [0.15, 0.2) is 12.5 Å². The van der Waals surface area contributed by atoms with Crippen LogP contribution < -0.4 is 27.4 Å². The second-order valence-corrected chi connectivity index (χ2v) is 6.86. The molecule has 1 aromatic heterocycles. The molecule has 0 aliphatic carbocycles. The second kappa shape index (κ2) is 12.7. The number of nitrogens with two attached hydrogens (primary N) is 2. The summed E-state index contributed by atoms with van der Waals surface area (Å²) in [6.45, 7) is -0.785. The van der Waals surface area contributed by atoms with E-state index in [0.29, 0.717) is 5.69 Å². The molecule has 0 aromatic carbocycles. The van der Waals surface area contributed by atoms with Gasteiger partial charge in [0, 0.05) is 18.3 Å². The molecule has 1 heterocycles. The zero-order chi connectivity index (χ0) is 25.1. The van der Waals surface area contributed by atoms with E-state index in [0.717, 1.165) is 0 Å². The SMILES string of the molecule is NC(=O)CC(NC(=O)C(CC(=O)O)NC(=O)C(N)CO)C(=O)NC(Cc1cnc[nH]1)C(=O)O. The van der Waals surface area contributed by atoms with Crippen molar-refractivity contribution in [2.75, 3.05) is 6.61 Å². The lowest BCUT2D eigenvalue weighted by Gasteiger charge is -2.23. The Hall–Kier alpha value is -4.05. The summed E-state index contributed by atoms with van der Waals surface area (Å²) < 4.78 is 0. The zero-order valence-electron chi connectivity index (χ0n) is 17.2. The highest BCUT2D eigenvalue weighted by molar-refractivity contribution is 5.97. The lowest BCUT2D eigenvalue weighted by Crippen LogP contribution is -2.58. The molecule has 16 nitrogen and oxygen atoms in total. The number of carboxylic acid groups (broad SMARTS) is 2. The van der Waals surface area contributed by atoms with Crippen LogP contribution in [0.25, 0.3) is 0 Å². The quantitative estimate of drug-likeness (QED) is 0.124. The van der Waals surface area contributed by atoms with E-state index >= 15 is 0 Å². The van der Waals surface area contributed by atoms with Gasteiger partial charge in [-0.3, -0.25) is 24.0 Å². The van der Waals surface area contributed by atoms with Crippen molar-refractivity contribution in [2.24, 2.45) is 11.5 Å². The third-order valence-electron chi connectivity index (χ3n) is 4.18. The van der Waals surface area contributed by atoms with Crippen LogP contribution in [0, 0.1) is 0 Å². The summed E-state index contributed by atoms with van der Waals surface area (Å²) in [5.41, 5.74) is 10.8. The molecular formula is C17H25N7O9. The highest BCUT2D eigenvalue weighted by Crippen LogP contribution is 2.03. The fourth-order valence-electron chi connectivity index (χ4n) is 2.52. The highest BCUT2D eigenvalue weighted by Gasteiger charge is 2.32. The van der Waals surface area contributed by atoms with E-state index in [-0.39, 0.29) is 6.42 Å². The van der Waals surface area contributed by atoms with E-state index in [1.165, 1.54) is 12.5 Å². The fraction of sp³-hybridized carbons (Fsp3) is 0.471. The predicted octanol–water partition coefficient (Wildman–Crippen LogP) is -4.84. The summed E-state index contributed by atoms with van der Waals surface area (Å²) in [7, 11) is 0. The van der Waals surface area contributed by atoms with Crippen molar-refractivity contribution in [3.05, 3.63) is 18.2 Å². The van der Waals surface area contributed by atoms with Gasteiger partial charge in [-0.15, -0.1) is 0 Å². The molecule has 11 N–H and O–H groups in total. The van der Waals surface area contributed by atoms with Crippen molar-refractivity contribution in [3.63, 3.8) is 0 Å². The molecule has 1 aromatic rings. The molecule has 4 atom stereocenters. The molecule has 0 spiro atoms. The summed E-state index contributed by atoms with van der Waals surface area (Å²) >= 11 is 0. The number of amides is 4. The number of nitrogens with zero attached hydrogens (tertiary/aromatic N) is 1. The lowest BCUT2D eigenvalue weighted by atomic mass is 10.1. The largest absolute Gasteiger partial charge is 0.481 e. The average molecular weight is 471 g/mol. The Labute approximate surface area is 186 Å². The molecule has 182 valence electrons. The first-order valence-electron chi connectivity index (χ1n) is 9.42. The first-order chi connectivity index (χ1) is 15.4. The Kier molecular flexibility index (Phi) is 10.4. The first-order valence-corrected chi connectivity index (χ1v) is 9.42. The number of aliphatic carboxylic acids is 2.